The van der Waals surface area contributed by atoms with E-state index in [1.54, 1.807) is 6.07 Å². The largest absolute Gasteiger partial charge is 0.347 e. The van der Waals surface area contributed by atoms with Gasteiger partial charge in [0, 0.05) is 21.8 Å². The van der Waals surface area contributed by atoms with Crippen molar-refractivity contribution in [3.8, 4) is 0 Å². The Kier molecular flexibility index (Phi) is 5.11. The van der Waals surface area contributed by atoms with E-state index in [0.29, 0.717) is 0 Å². The average molecular weight is 332 g/mol. The maximum atomic E-state index is 12.3. The molecule has 1 aromatic rings. The molecule has 0 aliphatic rings. The van der Waals surface area contributed by atoms with Crippen LogP contribution in [0, 0.1) is 5.41 Å². The summed E-state index contributed by atoms with van der Waals surface area (Å²) in [6.07, 6.45) is 0.791. The van der Waals surface area contributed by atoms with Crippen molar-refractivity contribution in [3.05, 3.63) is 29.8 Å². The number of hydrogen-bond donors (Lipinski definition) is 1. The van der Waals surface area contributed by atoms with Gasteiger partial charge in [-0.05, 0) is 43.9 Å². The van der Waals surface area contributed by atoms with Crippen LogP contribution in [0.3, 0.4) is 0 Å². The van der Waals surface area contributed by atoms with Gasteiger partial charge in [-0.3, -0.25) is 4.79 Å². The zero-order valence-corrected chi connectivity index (χ0v) is 14.6. The van der Waals surface area contributed by atoms with Gasteiger partial charge in [0.05, 0.1) is 4.90 Å². The molecule has 4 nitrogen and oxygen atoms in total. The third kappa shape index (κ3) is 6.06. The predicted molar refractivity (Wildman–Crippen MR) is 85.1 cm³/mol. The molecular weight excluding hydrogens is 310 g/mol. The summed E-state index contributed by atoms with van der Waals surface area (Å²) in [6, 6.07) is 5.71. The highest BCUT2D eigenvalue weighted by molar-refractivity contribution is 8.13. The Morgan fingerprint density at radius 3 is 2.24 bits per heavy atom. The highest BCUT2D eigenvalue weighted by atomic mass is 35.7. The van der Waals surface area contributed by atoms with E-state index < -0.39 is 14.6 Å². The van der Waals surface area contributed by atoms with Crippen LogP contribution in [0.25, 0.3) is 0 Å². The summed E-state index contributed by atoms with van der Waals surface area (Å²) in [5.74, 6) is -0.314. The number of carbonyl (C=O) groups excluding carboxylic acids is 1. The quantitative estimate of drug-likeness (QED) is 0.858. The maximum Gasteiger partial charge on any atom is 0.261 e. The number of rotatable bonds is 4. The van der Waals surface area contributed by atoms with Crippen molar-refractivity contribution in [3.63, 3.8) is 0 Å². The van der Waals surface area contributed by atoms with Gasteiger partial charge in [0.15, 0.2) is 0 Å². The average Bonchev–Trinajstić information content (AvgIpc) is 2.23. The Morgan fingerprint density at radius 2 is 1.76 bits per heavy atom. The minimum absolute atomic E-state index is 0.0676. The highest BCUT2D eigenvalue weighted by Crippen LogP contribution is 2.27. The number of benzene rings is 1. The summed E-state index contributed by atoms with van der Waals surface area (Å²) < 4.78 is 22.6. The lowest BCUT2D eigenvalue weighted by Crippen LogP contribution is -2.45. The fourth-order valence-electron chi connectivity index (χ4n) is 2.54. The molecule has 1 amide bonds. The maximum absolute atomic E-state index is 12.3. The number of carbonyl (C=O) groups is 1. The van der Waals surface area contributed by atoms with Crippen LogP contribution in [0.5, 0.6) is 0 Å². The summed E-state index contributed by atoms with van der Waals surface area (Å²) in [7, 11) is 1.46. The minimum Gasteiger partial charge on any atom is -0.347 e. The summed E-state index contributed by atoms with van der Waals surface area (Å²) in [4.78, 5) is 12.2. The predicted octanol–water partition coefficient (Wildman–Crippen LogP) is 3.56. The topological polar surface area (TPSA) is 63.2 Å². The van der Waals surface area contributed by atoms with E-state index in [-0.39, 0.29) is 21.8 Å². The van der Waals surface area contributed by atoms with Gasteiger partial charge in [0.25, 0.3) is 15.0 Å². The van der Waals surface area contributed by atoms with E-state index in [9.17, 15) is 13.2 Å². The first-order valence-electron chi connectivity index (χ1n) is 6.67. The zero-order valence-electron chi connectivity index (χ0n) is 13.0. The molecular formula is C15H22ClNO3S. The highest BCUT2D eigenvalue weighted by Gasteiger charge is 2.27. The summed E-state index contributed by atoms with van der Waals surface area (Å²) in [5, 5.41) is 2.93. The zero-order chi connectivity index (χ0) is 16.5. The van der Waals surface area contributed by atoms with Gasteiger partial charge in [-0.25, -0.2) is 8.42 Å². The van der Waals surface area contributed by atoms with Crippen molar-refractivity contribution in [1.29, 1.82) is 0 Å². The smallest absolute Gasteiger partial charge is 0.261 e. The van der Waals surface area contributed by atoms with Gasteiger partial charge >= 0.3 is 0 Å². The Balaban J connectivity index is 2.95. The van der Waals surface area contributed by atoms with Crippen LogP contribution < -0.4 is 5.32 Å². The fourth-order valence-corrected chi connectivity index (χ4v) is 3.34. The van der Waals surface area contributed by atoms with Crippen molar-refractivity contribution in [2.24, 2.45) is 5.41 Å². The van der Waals surface area contributed by atoms with E-state index in [1.807, 2.05) is 13.8 Å². The Hall–Kier alpha value is -1.07. The normalized spacial score (nSPS) is 13.0. The van der Waals surface area contributed by atoms with Crippen LogP contribution in [0.4, 0.5) is 0 Å². The summed E-state index contributed by atoms with van der Waals surface area (Å²) in [5.41, 5.74) is -0.0535. The molecule has 0 heterocycles. The SMILES string of the molecule is CC(C)(C)CC(C)(C)NC(=O)c1cccc(S(=O)(=O)Cl)c1. The van der Waals surface area contributed by atoms with Crippen molar-refractivity contribution >= 4 is 25.6 Å². The second kappa shape index (κ2) is 5.97. The molecule has 0 saturated carbocycles. The molecule has 6 heteroatoms. The van der Waals surface area contributed by atoms with Gasteiger partial charge in [-0.15, -0.1) is 0 Å². The standard InChI is InChI=1S/C15H22ClNO3S/c1-14(2,3)10-15(4,5)17-13(18)11-7-6-8-12(9-11)21(16,19)20/h6-9H,10H2,1-5H3,(H,17,18). The van der Waals surface area contributed by atoms with Crippen molar-refractivity contribution in [2.75, 3.05) is 0 Å². The molecule has 0 atom stereocenters. The lowest BCUT2D eigenvalue weighted by Gasteiger charge is -2.33. The molecule has 1 N–H and O–H groups in total. The molecule has 0 aliphatic heterocycles. The van der Waals surface area contributed by atoms with E-state index in [1.165, 1.54) is 18.2 Å². The number of halogens is 1. The first-order valence-corrected chi connectivity index (χ1v) is 8.98. The van der Waals surface area contributed by atoms with Gasteiger partial charge < -0.3 is 5.32 Å². The summed E-state index contributed by atoms with van der Waals surface area (Å²) in [6.45, 7) is 10.2. The van der Waals surface area contributed by atoms with Crippen LogP contribution in [0.15, 0.2) is 29.2 Å². The van der Waals surface area contributed by atoms with Crippen LogP contribution in [-0.4, -0.2) is 19.9 Å². The molecule has 0 aromatic heterocycles. The Morgan fingerprint density at radius 1 is 1.19 bits per heavy atom. The molecule has 0 unspecified atom stereocenters. The second-order valence-corrected chi connectivity index (χ2v) is 9.61. The molecule has 118 valence electrons. The van der Waals surface area contributed by atoms with Crippen molar-refractivity contribution in [2.45, 2.75) is 51.5 Å². The number of amides is 1. The lowest BCUT2D eigenvalue weighted by atomic mass is 9.81. The number of hydrogen-bond acceptors (Lipinski definition) is 3. The molecule has 21 heavy (non-hydrogen) atoms. The minimum atomic E-state index is -3.84. The molecule has 0 saturated heterocycles. The van der Waals surface area contributed by atoms with Gasteiger partial charge in [-0.2, -0.15) is 0 Å². The van der Waals surface area contributed by atoms with E-state index in [2.05, 4.69) is 26.1 Å². The summed E-state index contributed by atoms with van der Waals surface area (Å²) >= 11 is 0. The lowest BCUT2D eigenvalue weighted by molar-refractivity contribution is 0.0891. The van der Waals surface area contributed by atoms with Gasteiger partial charge in [0.1, 0.15) is 0 Å². The van der Waals surface area contributed by atoms with Crippen molar-refractivity contribution in [1.82, 2.24) is 5.32 Å². The van der Waals surface area contributed by atoms with E-state index in [4.69, 9.17) is 10.7 Å². The van der Waals surface area contributed by atoms with Crippen LogP contribution >= 0.6 is 10.7 Å². The second-order valence-electron chi connectivity index (χ2n) is 7.04. The number of nitrogens with one attached hydrogen (secondary N) is 1. The van der Waals surface area contributed by atoms with E-state index >= 15 is 0 Å². The monoisotopic (exact) mass is 331 g/mol. The van der Waals surface area contributed by atoms with Gasteiger partial charge in [-0.1, -0.05) is 26.8 Å². The molecule has 0 bridgehead atoms. The van der Waals surface area contributed by atoms with Crippen LogP contribution in [0.1, 0.15) is 51.4 Å². The third-order valence-corrected chi connectivity index (χ3v) is 4.15. The first kappa shape index (κ1) is 18.0. The van der Waals surface area contributed by atoms with Gasteiger partial charge in [0.2, 0.25) is 0 Å². The fraction of sp³-hybridized carbons (Fsp3) is 0.533. The molecule has 0 spiro atoms. The Labute approximate surface area is 131 Å². The van der Waals surface area contributed by atoms with Crippen LogP contribution in [0.2, 0.25) is 0 Å². The molecule has 0 radical (unpaired) electrons. The molecule has 0 fully saturated rings. The van der Waals surface area contributed by atoms with Crippen molar-refractivity contribution < 1.29 is 13.2 Å². The first-order chi connectivity index (χ1) is 9.30. The third-order valence-electron chi connectivity index (χ3n) is 2.80. The Bertz CT molecular complexity index is 631. The molecule has 1 rings (SSSR count). The molecule has 1 aromatic carbocycles. The molecule has 0 aliphatic carbocycles. The van der Waals surface area contributed by atoms with Crippen LogP contribution in [-0.2, 0) is 9.05 Å². The van der Waals surface area contributed by atoms with E-state index in [0.717, 1.165) is 6.42 Å².